The molecular formula is C15H19N5O4S. The number of ether oxygens (including phenoxy) is 1. The van der Waals surface area contributed by atoms with Crippen molar-refractivity contribution in [2.24, 2.45) is 0 Å². The van der Waals surface area contributed by atoms with Crippen molar-refractivity contribution >= 4 is 15.9 Å². The van der Waals surface area contributed by atoms with Crippen LogP contribution in [0.15, 0.2) is 41.8 Å². The highest BCUT2D eigenvalue weighted by Gasteiger charge is 2.32. The van der Waals surface area contributed by atoms with Gasteiger partial charge in [0.05, 0.1) is 17.1 Å². The molecule has 3 rings (SSSR count). The second-order valence-electron chi connectivity index (χ2n) is 5.91. The van der Waals surface area contributed by atoms with E-state index < -0.39 is 15.9 Å². The van der Waals surface area contributed by atoms with Crippen LogP contribution in [0.5, 0.6) is 0 Å². The van der Waals surface area contributed by atoms with Crippen molar-refractivity contribution < 1.29 is 17.9 Å². The number of sulfonamides is 1. The summed E-state index contributed by atoms with van der Waals surface area (Å²) in [7, 11) is -3.62. The number of benzene rings is 1. The quantitative estimate of drug-likeness (QED) is 0.844. The topological polar surface area (TPSA) is 106 Å². The molecule has 1 aliphatic heterocycles. The first kappa shape index (κ1) is 17.5. The zero-order chi connectivity index (χ0) is 18.0. The summed E-state index contributed by atoms with van der Waals surface area (Å²) in [5.74, 6) is -0.391. The first-order valence-corrected chi connectivity index (χ1v) is 9.22. The van der Waals surface area contributed by atoms with Gasteiger partial charge in [0.2, 0.25) is 10.0 Å². The van der Waals surface area contributed by atoms with Gasteiger partial charge in [-0.3, -0.25) is 10.2 Å². The molecule has 1 aliphatic rings. The molecule has 25 heavy (non-hydrogen) atoms. The van der Waals surface area contributed by atoms with Crippen LogP contribution in [0.25, 0.3) is 0 Å². The number of amides is 1. The Labute approximate surface area is 145 Å². The van der Waals surface area contributed by atoms with Crippen molar-refractivity contribution in [2.45, 2.75) is 31.0 Å². The summed E-state index contributed by atoms with van der Waals surface area (Å²) in [4.78, 5) is 12.2. The molecule has 0 saturated carbocycles. The number of nitrogens with zero attached hydrogens (tertiary/aromatic N) is 4. The third kappa shape index (κ3) is 3.86. The molecule has 0 radical (unpaired) electrons. The normalized spacial score (nSPS) is 21.8. The highest BCUT2D eigenvalue weighted by atomic mass is 32.2. The van der Waals surface area contributed by atoms with E-state index in [1.807, 2.05) is 13.8 Å². The van der Waals surface area contributed by atoms with E-state index in [1.54, 1.807) is 0 Å². The van der Waals surface area contributed by atoms with Crippen LogP contribution in [-0.2, 0) is 14.8 Å². The maximum Gasteiger partial charge on any atom is 0.270 e. The molecule has 2 aromatic rings. The number of carbonyl (C=O) groups excluding carboxylic acids is 1. The molecular weight excluding hydrogens is 346 g/mol. The number of hydrogen-bond acceptors (Lipinski definition) is 6. The molecule has 1 fully saturated rings. The summed E-state index contributed by atoms with van der Waals surface area (Å²) < 4.78 is 33.8. The Kier molecular flexibility index (Phi) is 4.84. The third-order valence-corrected chi connectivity index (χ3v) is 5.64. The first-order valence-electron chi connectivity index (χ1n) is 7.78. The smallest absolute Gasteiger partial charge is 0.270 e. The lowest BCUT2D eigenvalue weighted by molar-refractivity contribution is -0.0440. The van der Waals surface area contributed by atoms with Gasteiger partial charge in [-0.15, -0.1) is 10.2 Å². The number of rotatable bonds is 4. The Morgan fingerprint density at radius 2 is 1.68 bits per heavy atom. The van der Waals surface area contributed by atoms with Crippen molar-refractivity contribution in [2.75, 3.05) is 18.5 Å². The zero-order valence-corrected chi connectivity index (χ0v) is 14.7. The number of nitrogens with one attached hydrogen (secondary N) is 1. The molecule has 9 nitrogen and oxygen atoms in total. The van der Waals surface area contributed by atoms with Crippen molar-refractivity contribution in [3.63, 3.8) is 0 Å². The van der Waals surface area contributed by atoms with Crippen LogP contribution in [0.4, 0.5) is 0 Å². The van der Waals surface area contributed by atoms with Crippen LogP contribution < -0.4 is 5.43 Å². The molecule has 1 aromatic heterocycles. The Morgan fingerprint density at radius 1 is 1.12 bits per heavy atom. The van der Waals surface area contributed by atoms with Gasteiger partial charge in [0.25, 0.3) is 5.91 Å². The largest absolute Gasteiger partial charge is 0.373 e. The minimum absolute atomic E-state index is 0.148. The molecule has 0 spiro atoms. The van der Waals surface area contributed by atoms with Crippen molar-refractivity contribution in [1.29, 1.82) is 0 Å². The summed E-state index contributed by atoms with van der Waals surface area (Å²) >= 11 is 0. The van der Waals surface area contributed by atoms with Gasteiger partial charge in [-0.25, -0.2) is 13.1 Å². The highest BCUT2D eigenvalue weighted by Crippen LogP contribution is 2.21. The van der Waals surface area contributed by atoms with Gasteiger partial charge in [0.1, 0.15) is 12.7 Å². The average Bonchev–Trinajstić information content (AvgIpc) is 3.07. The Morgan fingerprint density at radius 3 is 2.24 bits per heavy atom. The fourth-order valence-electron chi connectivity index (χ4n) is 2.69. The predicted octanol–water partition coefficient (Wildman–Crippen LogP) is 0.460. The van der Waals surface area contributed by atoms with Crippen molar-refractivity contribution in [1.82, 2.24) is 19.2 Å². The third-order valence-electron chi connectivity index (χ3n) is 3.79. The molecule has 2 atom stereocenters. The van der Waals surface area contributed by atoms with E-state index in [0.29, 0.717) is 18.7 Å². The molecule has 0 aliphatic carbocycles. The monoisotopic (exact) mass is 365 g/mol. The number of aromatic nitrogens is 3. The van der Waals surface area contributed by atoms with Crippen LogP contribution in [-0.4, -0.2) is 58.8 Å². The Balaban J connectivity index is 1.76. The van der Waals surface area contributed by atoms with Gasteiger partial charge >= 0.3 is 0 Å². The summed E-state index contributed by atoms with van der Waals surface area (Å²) in [6, 6.07) is 5.81. The molecule has 10 heteroatoms. The van der Waals surface area contributed by atoms with E-state index >= 15 is 0 Å². The molecule has 1 amide bonds. The van der Waals surface area contributed by atoms with Crippen LogP contribution >= 0.6 is 0 Å². The second-order valence-corrected chi connectivity index (χ2v) is 7.85. The maximum atomic E-state index is 12.8. The van der Waals surface area contributed by atoms with Gasteiger partial charge in [-0.1, -0.05) is 0 Å². The van der Waals surface area contributed by atoms with Gasteiger partial charge in [-0.05, 0) is 38.1 Å². The molecule has 134 valence electrons. The fourth-order valence-corrected chi connectivity index (χ4v) is 4.29. The molecule has 2 heterocycles. The van der Waals surface area contributed by atoms with Gasteiger partial charge in [0, 0.05) is 18.7 Å². The SMILES string of the molecule is CC1CN(S(=O)(=O)c2ccc(C(=O)Nn3cnnc3)cc2)CC(C)O1. The first-order chi connectivity index (χ1) is 11.9. The van der Waals surface area contributed by atoms with E-state index in [2.05, 4.69) is 15.6 Å². The lowest BCUT2D eigenvalue weighted by Crippen LogP contribution is -2.48. The van der Waals surface area contributed by atoms with E-state index in [4.69, 9.17) is 4.74 Å². The lowest BCUT2D eigenvalue weighted by Gasteiger charge is -2.34. The van der Waals surface area contributed by atoms with E-state index in [9.17, 15) is 13.2 Å². The summed E-state index contributed by atoms with van der Waals surface area (Å²) in [6.45, 7) is 4.30. The lowest BCUT2D eigenvalue weighted by atomic mass is 10.2. The molecule has 0 bridgehead atoms. The minimum Gasteiger partial charge on any atom is -0.373 e. The average molecular weight is 365 g/mol. The van der Waals surface area contributed by atoms with E-state index in [0.717, 1.165) is 0 Å². The Hall–Kier alpha value is -2.30. The predicted molar refractivity (Wildman–Crippen MR) is 88.9 cm³/mol. The van der Waals surface area contributed by atoms with Crippen molar-refractivity contribution in [3.8, 4) is 0 Å². The molecule has 2 unspecified atom stereocenters. The zero-order valence-electron chi connectivity index (χ0n) is 13.9. The van der Waals surface area contributed by atoms with Gasteiger partial charge in [0.15, 0.2) is 0 Å². The van der Waals surface area contributed by atoms with Crippen LogP contribution in [0.2, 0.25) is 0 Å². The van der Waals surface area contributed by atoms with E-state index in [1.165, 1.54) is 45.9 Å². The number of carbonyl (C=O) groups is 1. The van der Waals surface area contributed by atoms with Crippen LogP contribution in [0.1, 0.15) is 24.2 Å². The summed E-state index contributed by atoms with van der Waals surface area (Å²) in [5.41, 5.74) is 2.88. The van der Waals surface area contributed by atoms with E-state index in [-0.39, 0.29) is 17.1 Å². The van der Waals surface area contributed by atoms with Gasteiger partial charge in [-0.2, -0.15) is 4.31 Å². The van der Waals surface area contributed by atoms with Crippen molar-refractivity contribution in [3.05, 3.63) is 42.5 Å². The minimum atomic E-state index is -3.62. The van der Waals surface area contributed by atoms with Crippen LogP contribution in [0.3, 0.4) is 0 Å². The standard InChI is InChI=1S/C15H19N5O4S/c1-11-7-20(8-12(2)24-11)25(22,23)14-5-3-13(4-6-14)15(21)18-19-9-16-17-10-19/h3-6,9-12H,7-8H2,1-2H3,(H,18,21). The number of morpholine rings is 1. The molecule has 1 aromatic carbocycles. The number of hydrogen-bond donors (Lipinski definition) is 1. The fraction of sp³-hybridized carbons (Fsp3) is 0.400. The van der Waals surface area contributed by atoms with Gasteiger partial charge < -0.3 is 4.74 Å². The Bertz CT molecular complexity index is 825. The molecule has 1 N–H and O–H groups in total. The maximum absolute atomic E-state index is 12.8. The highest BCUT2D eigenvalue weighted by molar-refractivity contribution is 7.89. The second kappa shape index (κ2) is 6.90. The molecule has 1 saturated heterocycles. The summed E-state index contributed by atoms with van der Waals surface area (Å²) in [6.07, 6.45) is 2.37. The van der Waals surface area contributed by atoms with Crippen LogP contribution in [0, 0.1) is 0 Å². The summed E-state index contributed by atoms with van der Waals surface area (Å²) in [5, 5.41) is 7.16.